The fourth-order valence-electron chi connectivity index (χ4n) is 2.91. The van der Waals surface area contributed by atoms with E-state index in [2.05, 4.69) is 41.4 Å². The third-order valence-electron chi connectivity index (χ3n) is 4.66. The molecule has 32 heavy (non-hydrogen) atoms. The van der Waals surface area contributed by atoms with Crippen LogP contribution in [0.5, 0.6) is 0 Å². The van der Waals surface area contributed by atoms with E-state index < -0.39 is 10.0 Å². The van der Waals surface area contributed by atoms with Crippen LogP contribution in [0.15, 0.2) is 28.6 Å². The summed E-state index contributed by atoms with van der Waals surface area (Å²) in [5.74, 6) is 4.21. The van der Waals surface area contributed by atoms with Gasteiger partial charge in [0, 0.05) is 49.6 Å². The molecule has 0 unspecified atom stereocenters. The summed E-state index contributed by atoms with van der Waals surface area (Å²) >= 11 is 1.04. The molecule has 0 aliphatic heterocycles. The molecule has 1 aliphatic carbocycles. The molecule has 3 aromatic heterocycles. The fraction of sp³-hybridized carbons (Fsp3) is 0.300. The third-order valence-corrected chi connectivity index (χ3v) is 7.70. The van der Waals surface area contributed by atoms with Gasteiger partial charge < -0.3 is 10.6 Å². The number of carbonyl (C=O) groups excluding carboxylic acids is 1. The summed E-state index contributed by atoms with van der Waals surface area (Å²) < 4.78 is 27.5. The maximum Gasteiger partial charge on any atom is 0.250 e. The van der Waals surface area contributed by atoms with Gasteiger partial charge in [-0.1, -0.05) is 5.92 Å². The lowest BCUT2D eigenvalue weighted by atomic mass is 10.3. The summed E-state index contributed by atoms with van der Waals surface area (Å²) in [6, 6.07) is 5.06. The second kappa shape index (κ2) is 9.07. The normalized spacial score (nSPS) is 13.5. The summed E-state index contributed by atoms with van der Waals surface area (Å²) in [6.45, 7) is 1.66. The van der Waals surface area contributed by atoms with Crippen LogP contribution in [0, 0.1) is 12.3 Å². The van der Waals surface area contributed by atoms with Crippen molar-refractivity contribution < 1.29 is 18.9 Å². The van der Waals surface area contributed by atoms with Gasteiger partial charge in [0.1, 0.15) is 4.21 Å². The van der Waals surface area contributed by atoms with Gasteiger partial charge >= 0.3 is 0 Å². The monoisotopic (exact) mass is 479 g/mol. The zero-order chi connectivity index (χ0) is 22.7. The first kappa shape index (κ1) is 21.9. The van der Waals surface area contributed by atoms with Crippen molar-refractivity contribution in [2.24, 2.45) is 0 Å². The second-order valence-corrected chi connectivity index (χ2v) is 10.3. The van der Waals surface area contributed by atoms with E-state index in [1.54, 1.807) is 6.07 Å². The molecule has 1 saturated carbocycles. The highest BCUT2D eigenvalue weighted by Crippen LogP contribution is 2.39. The number of anilines is 2. The van der Waals surface area contributed by atoms with Crippen molar-refractivity contribution in [3.05, 3.63) is 35.7 Å². The van der Waals surface area contributed by atoms with E-state index in [1.165, 1.54) is 19.2 Å². The number of thiophene rings is 1. The first-order valence-corrected chi connectivity index (χ1v) is 12.2. The Bertz CT molecular complexity index is 1300. The molecule has 0 spiro atoms. The minimum Gasteiger partial charge on any atom is -0.355 e. The van der Waals surface area contributed by atoms with Crippen LogP contribution < -0.4 is 15.4 Å². The van der Waals surface area contributed by atoms with Crippen molar-refractivity contribution in [3.63, 3.8) is 0 Å². The van der Waals surface area contributed by atoms with E-state index in [9.17, 15) is 13.2 Å². The first-order chi connectivity index (χ1) is 15.4. The van der Waals surface area contributed by atoms with Crippen molar-refractivity contribution in [2.45, 2.75) is 29.9 Å². The standard InChI is InChI=1S/C20H21N7O3S2.4H2/c1-3-13-11-22-20(25-19(13)24-17-10-15(26-27-17)14-4-5-14)16-6-7-18(31-16)32(29,30)23-9-8-21-12(2)28;;;;/h1,6-7,10-11,14,23H,4-5,8-9H2,2H3,(H,21,28)(H2,22,24,25,26,27);4*1H. The molecule has 1 aliphatic rings. The predicted octanol–water partition coefficient (Wildman–Crippen LogP) is 2.93. The molecule has 1 amide bonds. The Labute approximate surface area is 195 Å². The van der Waals surface area contributed by atoms with Gasteiger partial charge in [-0.15, -0.1) is 17.8 Å². The van der Waals surface area contributed by atoms with E-state index in [0.717, 1.165) is 29.9 Å². The Morgan fingerprint density at radius 2 is 2.19 bits per heavy atom. The maximum absolute atomic E-state index is 12.5. The summed E-state index contributed by atoms with van der Waals surface area (Å²) in [4.78, 5) is 20.2. The van der Waals surface area contributed by atoms with Gasteiger partial charge in [0.2, 0.25) is 15.9 Å². The van der Waals surface area contributed by atoms with E-state index >= 15 is 0 Å². The second-order valence-electron chi connectivity index (χ2n) is 7.21. The fourth-order valence-corrected chi connectivity index (χ4v) is 5.23. The molecular weight excluding hydrogens is 450 g/mol. The van der Waals surface area contributed by atoms with Crippen molar-refractivity contribution in [3.8, 4) is 23.0 Å². The lowest BCUT2D eigenvalue weighted by Gasteiger charge is -2.06. The number of nitrogens with one attached hydrogen (secondary N) is 4. The molecule has 12 heteroatoms. The summed E-state index contributed by atoms with van der Waals surface area (Å²) in [7, 11) is -3.72. The van der Waals surface area contributed by atoms with Crippen LogP contribution in [-0.4, -0.2) is 47.6 Å². The number of aromatic amines is 1. The van der Waals surface area contributed by atoms with Crippen LogP contribution in [0.2, 0.25) is 0 Å². The summed E-state index contributed by atoms with van der Waals surface area (Å²) in [5.41, 5.74) is 1.54. The van der Waals surface area contributed by atoms with Crippen LogP contribution in [0.1, 0.15) is 42.6 Å². The molecule has 10 nitrogen and oxygen atoms in total. The maximum atomic E-state index is 12.5. The molecule has 3 heterocycles. The van der Waals surface area contributed by atoms with Gasteiger partial charge in [-0.2, -0.15) is 5.10 Å². The van der Waals surface area contributed by atoms with Crippen molar-refractivity contribution in [1.29, 1.82) is 0 Å². The highest BCUT2D eigenvalue weighted by molar-refractivity contribution is 7.91. The Balaban J connectivity index is 0.00000306. The van der Waals surface area contributed by atoms with E-state index in [0.29, 0.717) is 33.8 Å². The molecule has 1 fully saturated rings. The Kier molecular flexibility index (Phi) is 6.22. The van der Waals surface area contributed by atoms with Crippen LogP contribution in [0.4, 0.5) is 11.6 Å². The molecule has 3 aromatic rings. The molecule has 174 valence electrons. The number of rotatable bonds is 9. The smallest absolute Gasteiger partial charge is 0.250 e. The van der Waals surface area contributed by atoms with Crippen molar-refractivity contribution in [1.82, 2.24) is 30.2 Å². The lowest BCUT2D eigenvalue weighted by Crippen LogP contribution is -2.33. The number of amides is 1. The molecule has 4 N–H and O–H groups in total. The predicted molar refractivity (Wildman–Crippen MR) is 129 cm³/mol. The molecule has 0 atom stereocenters. The number of H-pyrrole nitrogens is 1. The van der Waals surface area contributed by atoms with E-state index in [1.807, 2.05) is 6.07 Å². The van der Waals surface area contributed by atoms with Crippen LogP contribution in [-0.2, 0) is 14.8 Å². The average Bonchev–Trinajstić information content (AvgIpc) is 3.29. The molecule has 4 rings (SSSR count). The summed E-state index contributed by atoms with van der Waals surface area (Å²) in [6.07, 6.45) is 9.40. The molecule has 0 radical (unpaired) electrons. The number of sulfonamides is 1. The van der Waals surface area contributed by atoms with Gasteiger partial charge in [0.15, 0.2) is 17.5 Å². The average molecular weight is 480 g/mol. The molecular formula is C20H29N7O3S2. The highest BCUT2D eigenvalue weighted by Gasteiger charge is 2.25. The Hall–Kier alpha value is -3.27. The Morgan fingerprint density at radius 3 is 2.91 bits per heavy atom. The number of nitrogens with zero attached hydrogens (tertiary/aromatic N) is 3. The van der Waals surface area contributed by atoms with Gasteiger partial charge in [-0.05, 0) is 25.0 Å². The Morgan fingerprint density at radius 1 is 1.38 bits per heavy atom. The summed E-state index contributed by atoms with van der Waals surface area (Å²) in [5, 5.41) is 12.9. The number of carbonyl (C=O) groups is 1. The zero-order valence-corrected chi connectivity index (χ0v) is 18.8. The largest absolute Gasteiger partial charge is 0.355 e. The topological polar surface area (TPSA) is 142 Å². The quantitative estimate of drug-likeness (QED) is 0.273. The van der Waals surface area contributed by atoms with Crippen LogP contribution >= 0.6 is 11.3 Å². The lowest BCUT2D eigenvalue weighted by molar-refractivity contribution is -0.118. The third kappa shape index (κ3) is 5.13. The first-order valence-electron chi connectivity index (χ1n) is 9.86. The van der Waals surface area contributed by atoms with Crippen LogP contribution in [0.3, 0.4) is 0 Å². The molecule has 0 saturated heterocycles. The number of hydrogen-bond acceptors (Lipinski definition) is 8. The van der Waals surface area contributed by atoms with Crippen LogP contribution in [0.25, 0.3) is 10.7 Å². The van der Waals surface area contributed by atoms with Gasteiger partial charge in [0.05, 0.1) is 10.4 Å². The highest BCUT2D eigenvalue weighted by atomic mass is 32.2. The minimum absolute atomic E-state index is 0. The number of hydrogen-bond donors (Lipinski definition) is 4. The van der Waals surface area contributed by atoms with Gasteiger partial charge in [0.25, 0.3) is 0 Å². The minimum atomic E-state index is -3.72. The van der Waals surface area contributed by atoms with Gasteiger partial charge in [-0.3, -0.25) is 9.89 Å². The van der Waals surface area contributed by atoms with E-state index in [-0.39, 0.29) is 28.9 Å². The number of aromatic nitrogens is 4. The van der Waals surface area contributed by atoms with E-state index in [4.69, 9.17) is 6.42 Å². The molecule has 0 bridgehead atoms. The molecule has 0 aromatic carbocycles. The van der Waals surface area contributed by atoms with Gasteiger partial charge in [-0.25, -0.2) is 23.1 Å². The number of terminal acetylenes is 1. The zero-order valence-electron chi connectivity index (χ0n) is 17.2. The van der Waals surface area contributed by atoms with Crippen molar-refractivity contribution in [2.75, 3.05) is 18.4 Å². The van der Waals surface area contributed by atoms with Crippen molar-refractivity contribution >= 4 is 38.9 Å². The SMILES string of the molecule is C#Cc1cnc(-c2ccc(S(=O)(=O)NCCNC(C)=O)s2)nc1Nc1cc(C2CC2)[nH]n1.[HH].[HH].[HH].[HH].